The van der Waals surface area contributed by atoms with E-state index in [0.29, 0.717) is 18.0 Å². The second-order valence-corrected chi connectivity index (χ2v) is 10.1. The molecule has 0 aliphatic rings. The quantitative estimate of drug-likeness (QED) is 0.440. The first-order valence-corrected chi connectivity index (χ1v) is 12.3. The van der Waals surface area contributed by atoms with Crippen LogP contribution in [-0.2, 0) is 27.7 Å². The summed E-state index contributed by atoms with van der Waals surface area (Å²) in [6.45, 7) is 0.381. The Bertz CT molecular complexity index is 1110. The van der Waals surface area contributed by atoms with Gasteiger partial charge in [-0.15, -0.1) is 0 Å². The highest BCUT2D eigenvalue weighted by Gasteiger charge is 2.26. The first kappa shape index (κ1) is 23.5. The van der Waals surface area contributed by atoms with Crippen LogP contribution < -0.4 is 10.0 Å². The zero-order valence-electron chi connectivity index (χ0n) is 16.6. The van der Waals surface area contributed by atoms with Crippen molar-refractivity contribution in [3.05, 3.63) is 99.5 Å². The maximum Gasteiger partial charge on any atom is 0.241 e. The van der Waals surface area contributed by atoms with Crippen LogP contribution in [-0.4, -0.2) is 26.9 Å². The molecular formula is C23H22BrClN2O3S. The van der Waals surface area contributed by atoms with E-state index in [9.17, 15) is 13.2 Å². The van der Waals surface area contributed by atoms with Crippen molar-refractivity contribution < 1.29 is 13.2 Å². The van der Waals surface area contributed by atoms with Crippen molar-refractivity contribution in [2.45, 2.75) is 23.8 Å². The number of hydrogen-bond acceptors (Lipinski definition) is 3. The van der Waals surface area contributed by atoms with Crippen LogP contribution in [0.4, 0.5) is 0 Å². The fourth-order valence-corrected chi connectivity index (χ4v) is 4.60. The predicted molar refractivity (Wildman–Crippen MR) is 127 cm³/mol. The summed E-state index contributed by atoms with van der Waals surface area (Å²) in [5, 5.41) is 3.49. The summed E-state index contributed by atoms with van der Waals surface area (Å²) in [6, 6.07) is 22.0. The molecule has 2 N–H and O–H groups in total. The van der Waals surface area contributed by atoms with Gasteiger partial charge in [-0.25, -0.2) is 8.42 Å². The predicted octanol–water partition coefficient (Wildman–Crippen LogP) is 4.35. The van der Waals surface area contributed by atoms with Gasteiger partial charge in [-0.3, -0.25) is 4.79 Å². The maximum atomic E-state index is 12.9. The highest BCUT2D eigenvalue weighted by atomic mass is 79.9. The monoisotopic (exact) mass is 520 g/mol. The minimum absolute atomic E-state index is 0.0997. The third kappa shape index (κ3) is 7.18. The fourth-order valence-electron chi connectivity index (χ4n) is 3.01. The molecule has 0 aliphatic carbocycles. The Kier molecular flexibility index (Phi) is 8.26. The van der Waals surface area contributed by atoms with E-state index in [4.69, 9.17) is 11.6 Å². The van der Waals surface area contributed by atoms with Gasteiger partial charge in [-0.05, 0) is 60.4 Å². The number of carbonyl (C=O) groups excluding carboxylic acids is 1. The topological polar surface area (TPSA) is 75.3 Å². The zero-order valence-corrected chi connectivity index (χ0v) is 19.8. The molecular weight excluding hydrogens is 500 g/mol. The largest absolute Gasteiger partial charge is 0.354 e. The van der Waals surface area contributed by atoms with Gasteiger partial charge in [0.25, 0.3) is 0 Å². The Hall–Kier alpha value is -2.19. The molecule has 0 fully saturated rings. The second-order valence-electron chi connectivity index (χ2n) is 6.99. The van der Waals surface area contributed by atoms with Crippen LogP contribution >= 0.6 is 27.5 Å². The van der Waals surface area contributed by atoms with E-state index in [1.807, 2.05) is 42.5 Å². The number of hydrogen-bond donors (Lipinski definition) is 2. The molecule has 0 spiro atoms. The molecule has 3 aromatic rings. The van der Waals surface area contributed by atoms with Gasteiger partial charge in [-0.1, -0.05) is 70.0 Å². The Labute approximate surface area is 196 Å². The van der Waals surface area contributed by atoms with E-state index in [1.54, 1.807) is 24.3 Å². The number of carbonyl (C=O) groups is 1. The first-order valence-electron chi connectivity index (χ1n) is 9.67. The van der Waals surface area contributed by atoms with Crippen LogP contribution in [0.2, 0.25) is 5.02 Å². The Morgan fingerprint density at radius 2 is 1.55 bits per heavy atom. The number of benzene rings is 3. The number of sulfonamides is 1. The third-order valence-electron chi connectivity index (χ3n) is 4.65. The molecule has 0 aliphatic heterocycles. The van der Waals surface area contributed by atoms with Crippen molar-refractivity contribution in [2.24, 2.45) is 0 Å². The Balaban J connectivity index is 1.71. The SMILES string of the molecule is O=C(NCCc1ccc(Cl)cc1)[C@H](Cc1ccccc1)NS(=O)(=O)c1ccc(Br)cc1. The van der Waals surface area contributed by atoms with Crippen LogP contribution in [0.5, 0.6) is 0 Å². The maximum absolute atomic E-state index is 12.9. The highest BCUT2D eigenvalue weighted by Crippen LogP contribution is 2.16. The van der Waals surface area contributed by atoms with Crippen molar-refractivity contribution in [3.63, 3.8) is 0 Å². The highest BCUT2D eigenvalue weighted by molar-refractivity contribution is 9.10. The van der Waals surface area contributed by atoms with Crippen molar-refractivity contribution in [1.82, 2.24) is 10.0 Å². The van der Waals surface area contributed by atoms with Crippen molar-refractivity contribution in [2.75, 3.05) is 6.54 Å². The lowest BCUT2D eigenvalue weighted by Crippen LogP contribution is -2.48. The van der Waals surface area contributed by atoms with Crippen molar-refractivity contribution in [1.29, 1.82) is 0 Å². The van der Waals surface area contributed by atoms with Crippen molar-refractivity contribution >= 4 is 43.5 Å². The molecule has 1 atom stereocenters. The normalized spacial score (nSPS) is 12.3. The molecule has 1 amide bonds. The van der Waals surface area contributed by atoms with Gasteiger partial charge in [-0.2, -0.15) is 4.72 Å². The summed E-state index contributed by atoms with van der Waals surface area (Å²) >= 11 is 9.19. The molecule has 0 saturated carbocycles. The molecule has 0 radical (unpaired) electrons. The van der Waals surface area contributed by atoms with Gasteiger partial charge in [0, 0.05) is 16.0 Å². The van der Waals surface area contributed by atoms with Crippen LogP contribution in [0.1, 0.15) is 11.1 Å². The molecule has 5 nitrogen and oxygen atoms in total. The summed E-state index contributed by atoms with van der Waals surface area (Å²) in [5.74, 6) is -0.376. The standard InChI is InChI=1S/C23H22BrClN2O3S/c24-19-8-12-21(13-9-19)31(29,30)27-22(16-18-4-2-1-3-5-18)23(28)26-15-14-17-6-10-20(25)11-7-17/h1-13,22,27H,14-16H2,(H,26,28)/t22-/m0/s1. The fraction of sp³-hybridized carbons (Fsp3) is 0.174. The lowest BCUT2D eigenvalue weighted by atomic mass is 10.1. The zero-order chi connectivity index (χ0) is 22.3. The number of nitrogens with one attached hydrogen (secondary N) is 2. The average molecular weight is 522 g/mol. The first-order chi connectivity index (χ1) is 14.8. The molecule has 0 saturated heterocycles. The molecule has 3 rings (SSSR count). The summed E-state index contributed by atoms with van der Waals surface area (Å²) in [5.41, 5.74) is 1.89. The Morgan fingerprint density at radius 3 is 2.19 bits per heavy atom. The third-order valence-corrected chi connectivity index (χ3v) is 6.91. The lowest BCUT2D eigenvalue weighted by molar-refractivity contribution is -0.122. The summed E-state index contributed by atoms with van der Waals surface area (Å²) in [7, 11) is -3.87. The number of amides is 1. The van der Waals surface area contributed by atoms with Gasteiger partial charge >= 0.3 is 0 Å². The minimum atomic E-state index is -3.87. The van der Waals surface area contributed by atoms with E-state index >= 15 is 0 Å². The molecule has 0 unspecified atom stereocenters. The smallest absolute Gasteiger partial charge is 0.241 e. The molecule has 0 bridgehead atoms. The molecule has 31 heavy (non-hydrogen) atoms. The van der Waals surface area contributed by atoms with Crippen molar-refractivity contribution in [3.8, 4) is 0 Å². The van der Waals surface area contributed by atoms with E-state index in [2.05, 4.69) is 26.0 Å². The average Bonchev–Trinajstić information content (AvgIpc) is 2.75. The van der Waals surface area contributed by atoms with Gasteiger partial charge < -0.3 is 5.32 Å². The van der Waals surface area contributed by atoms with Crippen LogP contribution in [0.25, 0.3) is 0 Å². The second kappa shape index (κ2) is 10.9. The number of halogens is 2. The van der Waals surface area contributed by atoms with E-state index in [-0.39, 0.29) is 17.2 Å². The summed E-state index contributed by atoms with van der Waals surface area (Å²) < 4.78 is 29.0. The van der Waals surface area contributed by atoms with Gasteiger partial charge in [0.1, 0.15) is 6.04 Å². The molecule has 162 valence electrons. The number of rotatable bonds is 9. The van der Waals surface area contributed by atoms with Gasteiger partial charge in [0.05, 0.1) is 4.90 Å². The van der Waals surface area contributed by atoms with Gasteiger partial charge in [0.15, 0.2) is 0 Å². The summed E-state index contributed by atoms with van der Waals surface area (Å²) in [6.07, 6.45) is 0.851. The summed E-state index contributed by atoms with van der Waals surface area (Å²) in [4.78, 5) is 13.0. The van der Waals surface area contributed by atoms with Crippen LogP contribution in [0.15, 0.2) is 88.2 Å². The molecule has 8 heteroatoms. The Morgan fingerprint density at radius 1 is 0.903 bits per heavy atom. The minimum Gasteiger partial charge on any atom is -0.354 e. The van der Waals surface area contributed by atoms with E-state index < -0.39 is 16.1 Å². The van der Waals surface area contributed by atoms with Gasteiger partial charge in [0.2, 0.25) is 15.9 Å². The molecule has 3 aromatic carbocycles. The lowest BCUT2D eigenvalue weighted by Gasteiger charge is -2.19. The van der Waals surface area contributed by atoms with Crippen LogP contribution in [0, 0.1) is 0 Å². The molecule has 0 aromatic heterocycles. The molecule has 0 heterocycles. The van der Waals surface area contributed by atoms with E-state index in [1.165, 1.54) is 12.1 Å². The van der Waals surface area contributed by atoms with E-state index in [0.717, 1.165) is 15.6 Å². The van der Waals surface area contributed by atoms with Crippen LogP contribution in [0.3, 0.4) is 0 Å².